The summed E-state index contributed by atoms with van der Waals surface area (Å²) < 4.78 is 0. The van der Waals surface area contributed by atoms with E-state index in [0.717, 1.165) is 21.8 Å². The van der Waals surface area contributed by atoms with E-state index >= 15 is 0 Å². The molecule has 0 atom stereocenters. The molecular formula is C15H14N4O. The van der Waals surface area contributed by atoms with Crippen molar-refractivity contribution < 1.29 is 4.79 Å². The molecule has 0 unspecified atom stereocenters. The van der Waals surface area contributed by atoms with Gasteiger partial charge in [-0.3, -0.25) is 10.2 Å². The van der Waals surface area contributed by atoms with E-state index < -0.39 is 0 Å². The SMILES string of the molecule is C=O.c1ccc2[nH]ncc2c1.c1ccc2[nH]ncc2c1. The van der Waals surface area contributed by atoms with Crippen LogP contribution >= 0.6 is 0 Å². The van der Waals surface area contributed by atoms with Gasteiger partial charge in [-0.2, -0.15) is 10.2 Å². The van der Waals surface area contributed by atoms with Gasteiger partial charge in [0.15, 0.2) is 0 Å². The van der Waals surface area contributed by atoms with Crippen molar-refractivity contribution in [1.82, 2.24) is 20.4 Å². The normalized spacial score (nSPS) is 9.40. The van der Waals surface area contributed by atoms with Crippen LogP contribution in [0, 0.1) is 0 Å². The van der Waals surface area contributed by atoms with Gasteiger partial charge >= 0.3 is 0 Å². The van der Waals surface area contributed by atoms with Crippen LogP contribution in [-0.2, 0) is 4.79 Å². The zero-order chi connectivity index (χ0) is 14.2. The van der Waals surface area contributed by atoms with Crippen LogP contribution in [0.2, 0.25) is 0 Å². The lowest BCUT2D eigenvalue weighted by Crippen LogP contribution is -1.63. The number of nitrogens with zero attached hydrogens (tertiary/aromatic N) is 2. The summed E-state index contributed by atoms with van der Waals surface area (Å²) in [6, 6.07) is 16.0. The largest absolute Gasteiger partial charge is 0.307 e. The van der Waals surface area contributed by atoms with Crippen molar-refractivity contribution in [1.29, 1.82) is 0 Å². The molecule has 0 aliphatic rings. The Morgan fingerprint density at radius 2 is 1.10 bits per heavy atom. The molecule has 5 nitrogen and oxygen atoms in total. The number of hydrogen-bond acceptors (Lipinski definition) is 3. The van der Waals surface area contributed by atoms with E-state index in [-0.39, 0.29) is 0 Å². The van der Waals surface area contributed by atoms with E-state index in [1.54, 1.807) is 0 Å². The number of fused-ring (bicyclic) bond motifs is 2. The van der Waals surface area contributed by atoms with Gasteiger partial charge in [-0.05, 0) is 12.1 Å². The Morgan fingerprint density at radius 3 is 1.50 bits per heavy atom. The molecule has 0 fully saturated rings. The summed E-state index contributed by atoms with van der Waals surface area (Å²) in [4.78, 5) is 8.00. The van der Waals surface area contributed by atoms with E-state index in [2.05, 4.69) is 20.4 Å². The lowest BCUT2D eigenvalue weighted by molar-refractivity contribution is -0.0979. The number of benzene rings is 2. The molecule has 0 saturated carbocycles. The molecule has 0 saturated heterocycles. The Bertz CT molecular complexity index is 649. The monoisotopic (exact) mass is 266 g/mol. The van der Waals surface area contributed by atoms with E-state index in [1.807, 2.05) is 67.7 Å². The lowest BCUT2D eigenvalue weighted by Gasteiger charge is -1.81. The van der Waals surface area contributed by atoms with Crippen molar-refractivity contribution in [2.24, 2.45) is 0 Å². The maximum Gasteiger partial charge on any atom is 0.106 e. The molecule has 2 heterocycles. The Balaban J connectivity index is 0.000000131. The molecule has 0 bridgehead atoms. The van der Waals surface area contributed by atoms with Gasteiger partial charge in [0, 0.05) is 10.8 Å². The standard InChI is InChI=1S/2C7H6N2.CH2O/c2*1-2-4-7-6(3-1)5-8-9-7;1-2/h2*1-5H,(H,8,9);1H2. The number of carbonyl (C=O) groups excluding carboxylic acids is 1. The third-order valence-corrected chi connectivity index (χ3v) is 2.70. The van der Waals surface area contributed by atoms with E-state index in [0.29, 0.717) is 0 Å². The summed E-state index contributed by atoms with van der Waals surface area (Å²) in [5, 5.41) is 15.8. The van der Waals surface area contributed by atoms with Crippen LogP contribution in [0.3, 0.4) is 0 Å². The van der Waals surface area contributed by atoms with Crippen LogP contribution in [0.5, 0.6) is 0 Å². The number of hydrogen-bond donors (Lipinski definition) is 2. The van der Waals surface area contributed by atoms with Crippen molar-refractivity contribution in [3.63, 3.8) is 0 Å². The number of carbonyl (C=O) groups is 1. The van der Waals surface area contributed by atoms with Gasteiger partial charge in [-0.15, -0.1) is 0 Å². The van der Waals surface area contributed by atoms with Crippen molar-refractivity contribution in [3.8, 4) is 0 Å². The quantitative estimate of drug-likeness (QED) is 0.514. The second-order valence-corrected chi connectivity index (χ2v) is 3.91. The molecule has 0 amide bonds. The average Bonchev–Trinajstić information content (AvgIpc) is 3.18. The van der Waals surface area contributed by atoms with Gasteiger partial charge in [-0.1, -0.05) is 36.4 Å². The first kappa shape index (κ1) is 13.5. The minimum absolute atomic E-state index is 1.09. The fourth-order valence-corrected chi connectivity index (χ4v) is 1.77. The van der Waals surface area contributed by atoms with Crippen molar-refractivity contribution in [2.75, 3.05) is 0 Å². The minimum atomic E-state index is 1.09. The molecular weight excluding hydrogens is 252 g/mol. The number of aromatic nitrogens is 4. The van der Waals surface area contributed by atoms with Crippen LogP contribution in [0.25, 0.3) is 21.8 Å². The van der Waals surface area contributed by atoms with E-state index in [4.69, 9.17) is 4.79 Å². The first-order valence-corrected chi connectivity index (χ1v) is 5.98. The Morgan fingerprint density at radius 1 is 0.700 bits per heavy atom. The highest BCUT2D eigenvalue weighted by atomic mass is 16.1. The Kier molecular flexibility index (Phi) is 4.61. The van der Waals surface area contributed by atoms with Gasteiger partial charge in [0.1, 0.15) is 6.79 Å². The Hall–Kier alpha value is -2.95. The molecule has 100 valence electrons. The fraction of sp³-hybridized carbons (Fsp3) is 0. The average molecular weight is 266 g/mol. The number of aromatic amines is 2. The van der Waals surface area contributed by atoms with Crippen LogP contribution in [0.1, 0.15) is 0 Å². The number of nitrogens with one attached hydrogen (secondary N) is 2. The number of para-hydroxylation sites is 2. The maximum absolute atomic E-state index is 8.00. The van der Waals surface area contributed by atoms with Crippen molar-refractivity contribution in [3.05, 3.63) is 60.9 Å². The summed E-state index contributed by atoms with van der Waals surface area (Å²) in [6.07, 6.45) is 3.63. The van der Waals surface area contributed by atoms with Gasteiger partial charge < -0.3 is 4.79 Å². The maximum atomic E-state index is 8.00. The third kappa shape index (κ3) is 3.08. The second kappa shape index (κ2) is 6.84. The molecule has 0 radical (unpaired) electrons. The van der Waals surface area contributed by atoms with Crippen LogP contribution in [0.4, 0.5) is 0 Å². The summed E-state index contributed by atoms with van der Waals surface area (Å²) in [6.45, 7) is 2.00. The highest BCUT2D eigenvalue weighted by Crippen LogP contribution is 2.07. The molecule has 2 N–H and O–H groups in total. The molecule has 4 aromatic rings. The summed E-state index contributed by atoms with van der Waals surface area (Å²) in [7, 11) is 0. The topological polar surface area (TPSA) is 74.4 Å². The van der Waals surface area contributed by atoms with Crippen LogP contribution in [0.15, 0.2) is 60.9 Å². The minimum Gasteiger partial charge on any atom is -0.307 e. The molecule has 20 heavy (non-hydrogen) atoms. The third-order valence-electron chi connectivity index (χ3n) is 2.70. The zero-order valence-corrected chi connectivity index (χ0v) is 10.8. The molecule has 0 spiro atoms. The molecule has 0 aliphatic carbocycles. The smallest absolute Gasteiger partial charge is 0.106 e. The molecule has 4 rings (SSSR count). The Labute approximate surface area is 115 Å². The molecule has 0 aliphatic heterocycles. The predicted molar refractivity (Wildman–Crippen MR) is 79.3 cm³/mol. The summed E-state index contributed by atoms with van der Waals surface area (Å²) in [5.74, 6) is 0. The van der Waals surface area contributed by atoms with Gasteiger partial charge in [0.25, 0.3) is 0 Å². The van der Waals surface area contributed by atoms with E-state index in [1.165, 1.54) is 0 Å². The lowest BCUT2D eigenvalue weighted by atomic mass is 10.3. The molecule has 2 aromatic heterocycles. The summed E-state index contributed by atoms with van der Waals surface area (Å²) in [5.41, 5.74) is 2.19. The van der Waals surface area contributed by atoms with Crippen molar-refractivity contribution >= 4 is 28.6 Å². The zero-order valence-electron chi connectivity index (χ0n) is 10.8. The summed E-state index contributed by atoms with van der Waals surface area (Å²) >= 11 is 0. The van der Waals surface area contributed by atoms with Gasteiger partial charge in [0.05, 0.1) is 23.4 Å². The van der Waals surface area contributed by atoms with Crippen LogP contribution in [-0.4, -0.2) is 27.2 Å². The number of rotatable bonds is 0. The first-order chi connectivity index (χ1) is 9.93. The van der Waals surface area contributed by atoms with Gasteiger partial charge in [-0.25, -0.2) is 0 Å². The predicted octanol–water partition coefficient (Wildman–Crippen LogP) is 2.94. The molecule has 2 aromatic carbocycles. The highest BCUT2D eigenvalue weighted by Gasteiger charge is 1.88. The number of H-pyrrole nitrogens is 2. The fourth-order valence-electron chi connectivity index (χ4n) is 1.77. The second-order valence-electron chi connectivity index (χ2n) is 3.91. The van der Waals surface area contributed by atoms with Crippen molar-refractivity contribution in [2.45, 2.75) is 0 Å². The van der Waals surface area contributed by atoms with Crippen LogP contribution < -0.4 is 0 Å². The van der Waals surface area contributed by atoms with E-state index in [9.17, 15) is 0 Å². The first-order valence-electron chi connectivity index (χ1n) is 5.98. The van der Waals surface area contributed by atoms with Gasteiger partial charge in [0.2, 0.25) is 0 Å². The molecule has 5 heteroatoms. The highest BCUT2D eigenvalue weighted by molar-refractivity contribution is 5.77.